The van der Waals surface area contributed by atoms with Gasteiger partial charge in [-0.2, -0.15) is 0 Å². The number of hydrogen-bond donors (Lipinski definition) is 2. The van der Waals surface area contributed by atoms with Crippen molar-refractivity contribution in [3.05, 3.63) is 59.5 Å². The number of hydrogen-bond acceptors (Lipinski definition) is 3. The van der Waals surface area contributed by atoms with Crippen molar-refractivity contribution in [3.63, 3.8) is 0 Å². The molecule has 1 fully saturated rings. The Bertz CT molecular complexity index is 743. The molecular formula is C20H25N3O3. The van der Waals surface area contributed by atoms with Gasteiger partial charge in [0, 0.05) is 31.1 Å². The molecule has 0 spiro atoms. The van der Waals surface area contributed by atoms with Crippen LogP contribution in [0.1, 0.15) is 47.4 Å². The molecule has 1 saturated heterocycles. The van der Waals surface area contributed by atoms with Crippen LogP contribution in [0, 0.1) is 0 Å². The Labute approximate surface area is 153 Å². The van der Waals surface area contributed by atoms with Crippen molar-refractivity contribution in [1.29, 1.82) is 0 Å². The number of rotatable bonds is 5. The van der Waals surface area contributed by atoms with E-state index in [1.165, 1.54) is 0 Å². The van der Waals surface area contributed by atoms with Crippen molar-refractivity contribution in [2.45, 2.75) is 32.2 Å². The predicted octanol–water partition coefficient (Wildman–Crippen LogP) is 3.12. The highest BCUT2D eigenvalue weighted by atomic mass is 16.3. The van der Waals surface area contributed by atoms with Gasteiger partial charge in [-0.3, -0.25) is 4.79 Å². The summed E-state index contributed by atoms with van der Waals surface area (Å²) in [5.74, 6) is 0.850. The fourth-order valence-electron chi connectivity index (χ4n) is 3.31. The second-order valence-corrected chi connectivity index (χ2v) is 6.51. The van der Waals surface area contributed by atoms with Gasteiger partial charge in [-0.25, -0.2) is 4.79 Å². The Balaban J connectivity index is 1.64. The highest BCUT2D eigenvalue weighted by Crippen LogP contribution is 2.27. The monoisotopic (exact) mass is 355 g/mol. The summed E-state index contributed by atoms with van der Waals surface area (Å²) in [5.41, 5.74) is 1.73. The zero-order valence-electron chi connectivity index (χ0n) is 15.0. The second kappa shape index (κ2) is 8.56. The first-order chi connectivity index (χ1) is 12.7. The fraction of sp³-hybridized carbons (Fsp3) is 0.400. The molecule has 1 aromatic heterocycles. The van der Waals surface area contributed by atoms with Gasteiger partial charge < -0.3 is 20.0 Å². The number of nitrogens with one attached hydrogen (secondary N) is 2. The van der Waals surface area contributed by atoms with Gasteiger partial charge in [0.2, 0.25) is 0 Å². The van der Waals surface area contributed by atoms with Crippen LogP contribution in [-0.4, -0.2) is 36.5 Å². The molecule has 1 aliphatic rings. The SMILES string of the molecule is CCNC(=O)N1CCCC(c2cccc(C(=O)NCc3ccco3)c2)C1. The predicted molar refractivity (Wildman–Crippen MR) is 98.9 cm³/mol. The maximum atomic E-state index is 12.4. The minimum absolute atomic E-state index is 0.00968. The smallest absolute Gasteiger partial charge is 0.317 e. The number of likely N-dealkylation sites (tertiary alicyclic amines) is 1. The lowest BCUT2D eigenvalue weighted by Gasteiger charge is -2.33. The van der Waals surface area contributed by atoms with Crippen LogP contribution in [0.25, 0.3) is 0 Å². The van der Waals surface area contributed by atoms with E-state index in [4.69, 9.17) is 4.42 Å². The Morgan fingerprint density at radius 1 is 1.23 bits per heavy atom. The molecule has 3 amide bonds. The Kier molecular flexibility index (Phi) is 5.94. The molecule has 0 aliphatic carbocycles. The lowest BCUT2D eigenvalue weighted by molar-refractivity contribution is 0.0947. The minimum Gasteiger partial charge on any atom is -0.467 e. The molecule has 0 saturated carbocycles. The number of nitrogens with zero attached hydrogens (tertiary/aromatic N) is 1. The lowest BCUT2D eigenvalue weighted by Crippen LogP contribution is -2.44. The van der Waals surface area contributed by atoms with Gasteiger partial charge in [0.05, 0.1) is 12.8 Å². The van der Waals surface area contributed by atoms with Crippen LogP contribution < -0.4 is 10.6 Å². The zero-order chi connectivity index (χ0) is 18.4. The summed E-state index contributed by atoms with van der Waals surface area (Å²) < 4.78 is 5.23. The number of benzene rings is 1. The quantitative estimate of drug-likeness (QED) is 0.865. The summed E-state index contributed by atoms with van der Waals surface area (Å²) in [6.45, 7) is 4.38. The first kappa shape index (κ1) is 18.0. The third kappa shape index (κ3) is 4.45. The summed E-state index contributed by atoms with van der Waals surface area (Å²) >= 11 is 0. The van der Waals surface area contributed by atoms with E-state index in [-0.39, 0.29) is 17.9 Å². The van der Waals surface area contributed by atoms with Gasteiger partial charge in [-0.15, -0.1) is 0 Å². The second-order valence-electron chi connectivity index (χ2n) is 6.51. The van der Waals surface area contributed by atoms with Gasteiger partial charge in [-0.05, 0) is 49.6 Å². The number of furan rings is 1. The lowest BCUT2D eigenvalue weighted by atomic mass is 9.89. The number of urea groups is 1. The third-order valence-electron chi connectivity index (χ3n) is 4.66. The molecule has 138 valence electrons. The molecule has 1 atom stereocenters. The molecule has 1 aromatic carbocycles. The molecule has 0 bridgehead atoms. The Morgan fingerprint density at radius 2 is 2.12 bits per heavy atom. The van der Waals surface area contributed by atoms with Crippen LogP contribution in [0.15, 0.2) is 47.1 Å². The maximum absolute atomic E-state index is 12.4. The van der Waals surface area contributed by atoms with E-state index in [0.29, 0.717) is 25.2 Å². The number of piperidine rings is 1. The van der Waals surface area contributed by atoms with Gasteiger partial charge in [0.1, 0.15) is 5.76 Å². The summed E-state index contributed by atoms with van der Waals surface area (Å²) in [5, 5.41) is 5.73. The molecule has 2 N–H and O–H groups in total. The molecule has 3 rings (SSSR count). The first-order valence-electron chi connectivity index (χ1n) is 9.10. The van der Waals surface area contributed by atoms with Crippen LogP contribution in [0.5, 0.6) is 0 Å². The Hall–Kier alpha value is -2.76. The number of amides is 3. The fourth-order valence-corrected chi connectivity index (χ4v) is 3.31. The maximum Gasteiger partial charge on any atom is 0.317 e. The zero-order valence-corrected chi connectivity index (χ0v) is 15.0. The van der Waals surface area contributed by atoms with E-state index < -0.39 is 0 Å². The van der Waals surface area contributed by atoms with Crippen molar-refractivity contribution < 1.29 is 14.0 Å². The van der Waals surface area contributed by atoms with Crippen LogP contribution in [-0.2, 0) is 6.54 Å². The van der Waals surface area contributed by atoms with Crippen molar-refractivity contribution >= 4 is 11.9 Å². The average molecular weight is 355 g/mol. The summed E-state index contributed by atoms with van der Waals surface area (Å²) in [7, 11) is 0. The third-order valence-corrected chi connectivity index (χ3v) is 4.66. The molecule has 1 aliphatic heterocycles. The average Bonchev–Trinajstić information content (AvgIpc) is 3.20. The highest BCUT2D eigenvalue weighted by molar-refractivity contribution is 5.94. The van der Waals surface area contributed by atoms with Crippen LogP contribution in [0.3, 0.4) is 0 Å². The van der Waals surface area contributed by atoms with E-state index in [0.717, 1.165) is 30.7 Å². The van der Waals surface area contributed by atoms with Crippen LogP contribution in [0.2, 0.25) is 0 Å². The minimum atomic E-state index is -0.125. The molecule has 1 unspecified atom stereocenters. The van der Waals surface area contributed by atoms with Gasteiger partial charge in [0.15, 0.2) is 0 Å². The molecular weight excluding hydrogens is 330 g/mol. The highest BCUT2D eigenvalue weighted by Gasteiger charge is 2.24. The molecule has 0 radical (unpaired) electrons. The number of carbonyl (C=O) groups excluding carboxylic acids is 2. The molecule has 26 heavy (non-hydrogen) atoms. The van der Waals surface area contributed by atoms with Crippen molar-refractivity contribution in [3.8, 4) is 0 Å². The van der Waals surface area contributed by atoms with Crippen LogP contribution >= 0.6 is 0 Å². The summed E-state index contributed by atoms with van der Waals surface area (Å²) in [6, 6.07) is 11.3. The van der Waals surface area contributed by atoms with Crippen molar-refractivity contribution in [2.75, 3.05) is 19.6 Å². The molecule has 6 heteroatoms. The van der Waals surface area contributed by atoms with E-state index in [2.05, 4.69) is 10.6 Å². The molecule has 2 aromatic rings. The Morgan fingerprint density at radius 3 is 2.88 bits per heavy atom. The number of carbonyl (C=O) groups is 2. The topological polar surface area (TPSA) is 74.6 Å². The normalized spacial score (nSPS) is 17.0. The summed E-state index contributed by atoms with van der Waals surface area (Å²) in [6.07, 6.45) is 3.58. The van der Waals surface area contributed by atoms with Gasteiger partial charge >= 0.3 is 6.03 Å². The van der Waals surface area contributed by atoms with Gasteiger partial charge in [0.25, 0.3) is 5.91 Å². The molecule has 2 heterocycles. The van der Waals surface area contributed by atoms with Gasteiger partial charge in [-0.1, -0.05) is 12.1 Å². The largest absolute Gasteiger partial charge is 0.467 e. The van der Waals surface area contributed by atoms with E-state index in [1.807, 2.05) is 42.2 Å². The first-order valence-corrected chi connectivity index (χ1v) is 9.10. The van der Waals surface area contributed by atoms with E-state index in [9.17, 15) is 9.59 Å². The van der Waals surface area contributed by atoms with Crippen molar-refractivity contribution in [1.82, 2.24) is 15.5 Å². The van der Waals surface area contributed by atoms with Crippen molar-refractivity contribution in [2.24, 2.45) is 0 Å². The van der Waals surface area contributed by atoms with E-state index in [1.54, 1.807) is 12.3 Å². The molecule has 6 nitrogen and oxygen atoms in total. The summed E-state index contributed by atoms with van der Waals surface area (Å²) in [4.78, 5) is 26.4. The van der Waals surface area contributed by atoms with E-state index >= 15 is 0 Å². The standard InChI is InChI=1S/C20H25N3O3/c1-2-21-20(25)23-10-4-8-17(14-23)15-6-3-7-16(12-15)19(24)22-13-18-9-5-11-26-18/h3,5-7,9,11-12,17H,2,4,8,10,13-14H2,1H3,(H,21,25)(H,22,24). The van der Waals surface area contributed by atoms with Crippen LogP contribution in [0.4, 0.5) is 4.79 Å².